The smallest absolute Gasteiger partial charge is 0.222 e. The van der Waals surface area contributed by atoms with Gasteiger partial charge in [0.05, 0.1) is 10.7 Å². The highest BCUT2D eigenvalue weighted by Gasteiger charge is 2.15. The number of rotatable bonds is 8. The van der Waals surface area contributed by atoms with Gasteiger partial charge in [0.2, 0.25) is 5.91 Å². The number of hydrogen-bond acceptors (Lipinski definition) is 5. The number of aromatic nitrogens is 2. The average Bonchev–Trinajstić information content (AvgIpc) is 2.79. The second-order valence-electron chi connectivity index (χ2n) is 8.62. The molecular weight excluding hydrogens is 448 g/mol. The molecule has 0 aliphatic carbocycles. The van der Waals surface area contributed by atoms with Gasteiger partial charge in [-0.15, -0.1) is 0 Å². The number of nitrogens with zero attached hydrogens (tertiary/aromatic N) is 3. The van der Waals surface area contributed by atoms with Crippen molar-refractivity contribution in [3.63, 3.8) is 0 Å². The summed E-state index contributed by atoms with van der Waals surface area (Å²) < 4.78 is 6.25. The highest BCUT2D eigenvalue weighted by Crippen LogP contribution is 2.33. The maximum Gasteiger partial charge on any atom is 0.222 e. The van der Waals surface area contributed by atoms with E-state index in [9.17, 15) is 4.79 Å². The van der Waals surface area contributed by atoms with Gasteiger partial charge in [-0.3, -0.25) is 14.8 Å². The van der Waals surface area contributed by atoms with Gasteiger partial charge in [0.1, 0.15) is 17.9 Å². The van der Waals surface area contributed by atoms with Gasteiger partial charge in [0, 0.05) is 53.3 Å². The molecular formula is C27H31ClN4O2. The van der Waals surface area contributed by atoms with Gasteiger partial charge in [-0.05, 0) is 45.4 Å². The first-order valence-electron chi connectivity index (χ1n) is 11.3. The molecule has 0 fully saturated rings. The van der Waals surface area contributed by atoms with Gasteiger partial charge in [-0.2, -0.15) is 0 Å². The Balaban J connectivity index is 1.97. The Morgan fingerprint density at radius 1 is 1.26 bits per heavy atom. The SMILES string of the molecule is C/C=N\C(=C(C)C)c1cc(C)nc2c(OCc3c(Cl)cncc3CNC(=O)C(C)C)cccc12. The first-order valence-corrected chi connectivity index (χ1v) is 11.7. The molecule has 0 unspecified atom stereocenters. The van der Waals surface area contributed by atoms with Gasteiger partial charge < -0.3 is 10.1 Å². The molecule has 2 heterocycles. The molecule has 0 aliphatic heterocycles. The molecule has 3 rings (SSSR count). The third-order valence-corrected chi connectivity index (χ3v) is 5.69. The van der Waals surface area contributed by atoms with Crippen molar-refractivity contribution in [3.8, 4) is 5.75 Å². The molecule has 0 bridgehead atoms. The van der Waals surface area contributed by atoms with E-state index in [1.165, 1.54) is 0 Å². The molecule has 1 aromatic carbocycles. The molecule has 2 aromatic heterocycles. The second-order valence-corrected chi connectivity index (χ2v) is 9.03. The highest BCUT2D eigenvalue weighted by molar-refractivity contribution is 6.31. The fourth-order valence-electron chi connectivity index (χ4n) is 3.61. The number of pyridine rings is 2. The summed E-state index contributed by atoms with van der Waals surface area (Å²) in [5.41, 5.74) is 6.31. The Morgan fingerprint density at radius 2 is 2.03 bits per heavy atom. The minimum atomic E-state index is -0.103. The zero-order valence-corrected chi connectivity index (χ0v) is 21.3. The second kappa shape index (κ2) is 11.3. The van der Waals surface area contributed by atoms with Crippen molar-refractivity contribution in [2.75, 3.05) is 0 Å². The monoisotopic (exact) mass is 478 g/mol. The number of nitrogens with one attached hydrogen (secondary N) is 1. The van der Waals surface area contributed by atoms with Crippen LogP contribution in [0.15, 0.2) is 47.2 Å². The fourth-order valence-corrected chi connectivity index (χ4v) is 3.84. The van der Waals surface area contributed by atoms with Crippen LogP contribution in [0.2, 0.25) is 5.02 Å². The summed E-state index contributed by atoms with van der Waals surface area (Å²) >= 11 is 6.46. The van der Waals surface area contributed by atoms with E-state index in [0.29, 0.717) is 17.3 Å². The number of hydrogen-bond donors (Lipinski definition) is 1. The molecule has 1 N–H and O–H groups in total. The molecule has 0 radical (unpaired) electrons. The topological polar surface area (TPSA) is 76.5 Å². The molecule has 34 heavy (non-hydrogen) atoms. The highest BCUT2D eigenvalue weighted by atomic mass is 35.5. The number of allylic oxidation sites excluding steroid dienone is 1. The van der Waals surface area contributed by atoms with Crippen LogP contribution in [0.1, 0.15) is 57.0 Å². The van der Waals surface area contributed by atoms with Gasteiger partial charge in [0.15, 0.2) is 0 Å². The third kappa shape index (κ3) is 5.81. The Kier molecular flexibility index (Phi) is 8.40. The van der Waals surface area contributed by atoms with E-state index >= 15 is 0 Å². The lowest BCUT2D eigenvalue weighted by molar-refractivity contribution is -0.124. The summed E-state index contributed by atoms with van der Waals surface area (Å²) in [6.07, 6.45) is 5.09. The standard InChI is InChI=1S/C27H31ClN4O2/c1-7-30-25(16(2)3)21-11-18(6)32-26-20(21)9-8-10-24(26)34-15-22-19(12-29-14-23(22)28)13-31-27(33)17(4)5/h7-12,14,17H,13,15H2,1-6H3,(H,31,33)/b30-7-. The van der Waals surface area contributed by atoms with E-state index < -0.39 is 0 Å². The maximum atomic E-state index is 12.0. The molecule has 178 valence electrons. The normalized spacial score (nSPS) is 11.3. The van der Waals surface area contributed by atoms with Crippen molar-refractivity contribution in [1.82, 2.24) is 15.3 Å². The molecule has 1 amide bonds. The zero-order valence-electron chi connectivity index (χ0n) is 20.6. The van der Waals surface area contributed by atoms with Gasteiger partial charge in [-0.1, -0.05) is 43.2 Å². The van der Waals surface area contributed by atoms with Gasteiger partial charge in [-0.25, -0.2) is 4.98 Å². The summed E-state index contributed by atoms with van der Waals surface area (Å²) in [4.78, 5) is 25.6. The molecule has 0 spiro atoms. The van der Waals surface area contributed by atoms with Crippen molar-refractivity contribution >= 4 is 40.3 Å². The zero-order chi connectivity index (χ0) is 24.8. The van der Waals surface area contributed by atoms with E-state index in [4.69, 9.17) is 21.3 Å². The van der Waals surface area contributed by atoms with Crippen LogP contribution in [0, 0.1) is 12.8 Å². The molecule has 6 nitrogen and oxygen atoms in total. The number of aliphatic imine (C=N–C) groups is 1. The largest absolute Gasteiger partial charge is 0.487 e. The molecule has 3 aromatic rings. The quantitative estimate of drug-likeness (QED) is 0.386. The predicted octanol–water partition coefficient (Wildman–Crippen LogP) is 6.28. The Hall–Kier alpha value is -3.25. The number of fused-ring (bicyclic) bond motifs is 1. The number of carbonyl (C=O) groups excluding carboxylic acids is 1. The van der Waals surface area contributed by atoms with Crippen LogP contribution in [-0.2, 0) is 17.9 Å². The number of aryl methyl sites for hydroxylation is 1. The van der Waals surface area contributed by atoms with Crippen LogP contribution in [0.5, 0.6) is 5.75 Å². The van der Waals surface area contributed by atoms with Gasteiger partial charge in [0.25, 0.3) is 0 Å². The van der Waals surface area contributed by atoms with Crippen LogP contribution < -0.4 is 10.1 Å². The Bertz CT molecular complexity index is 1260. The van der Waals surface area contributed by atoms with Gasteiger partial charge >= 0.3 is 0 Å². The lowest BCUT2D eigenvalue weighted by atomic mass is 10.0. The summed E-state index contributed by atoms with van der Waals surface area (Å²) in [5, 5.41) is 4.38. The van der Waals surface area contributed by atoms with Crippen LogP contribution in [0.25, 0.3) is 16.6 Å². The minimum absolute atomic E-state index is 0.0297. The van der Waals surface area contributed by atoms with E-state index in [2.05, 4.69) is 35.2 Å². The first-order chi connectivity index (χ1) is 16.2. The number of halogens is 1. The van der Waals surface area contributed by atoms with Crippen LogP contribution in [0.3, 0.4) is 0 Å². The molecule has 7 heteroatoms. The Labute approximate surface area is 206 Å². The predicted molar refractivity (Wildman–Crippen MR) is 139 cm³/mol. The average molecular weight is 479 g/mol. The van der Waals surface area contributed by atoms with E-state index in [-0.39, 0.29) is 18.4 Å². The van der Waals surface area contributed by atoms with Crippen LogP contribution >= 0.6 is 11.6 Å². The molecule has 0 saturated carbocycles. The van der Waals surface area contributed by atoms with Crippen molar-refractivity contribution in [2.45, 2.75) is 54.7 Å². The minimum Gasteiger partial charge on any atom is -0.487 e. The number of carbonyl (C=O) groups is 1. The van der Waals surface area contributed by atoms with Crippen molar-refractivity contribution < 1.29 is 9.53 Å². The number of amides is 1. The number of benzene rings is 1. The van der Waals surface area contributed by atoms with E-state index in [0.717, 1.165) is 44.6 Å². The summed E-state index contributed by atoms with van der Waals surface area (Å²) in [7, 11) is 0. The number of para-hydroxylation sites is 1. The van der Waals surface area contributed by atoms with Crippen molar-refractivity contribution in [1.29, 1.82) is 0 Å². The van der Waals surface area contributed by atoms with Crippen molar-refractivity contribution in [3.05, 3.63) is 69.6 Å². The lowest BCUT2D eigenvalue weighted by Gasteiger charge is -2.16. The third-order valence-electron chi connectivity index (χ3n) is 5.36. The molecule has 0 atom stereocenters. The van der Waals surface area contributed by atoms with E-state index in [1.807, 2.05) is 45.9 Å². The molecule has 0 aliphatic rings. The lowest BCUT2D eigenvalue weighted by Crippen LogP contribution is -2.27. The summed E-state index contributed by atoms with van der Waals surface area (Å²) in [5.74, 6) is 0.521. The van der Waals surface area contributed by atoms with E-state index in [1.54, 1.807) is 18.6 Å². The summed E-state index contributed by atoms with van der Waals surface area (Å²) in [6, 6.07) is 7.94. The Morgan fingerprint density at radius 3 is 2.71 bits per heavy atom. The van der Waals surface area contributed by atoms with Crippen LogP contribution in [-0.4, -0.2) is 22.1 Å². The van der Waals surface area contributed by atoms with Crippen molar-refractivity contribution in [2.24, 2.45) is 10.9 Å². The number of ether oxygens (including phenoxy) is 1. The van der Waals surface area contributed by atoms with Crippen LogP contribution in [0.4, 0.5) is 0 Å². The molecule has 0 saturated heterocycles. The first kappa shape index (κ1) is 25.4. The summed E-state index contributed by atoms with van der Waals surface area (Å²) in [6.45, 7) is 12.2. The fraction of sp³-hybridized carbons (Fsp3) is 0.333. The maximum absolute atomic E-state index is 12.0.